The molecule has 0 radical (unpaired) electrons. The number of halogens is 2. The molecule has 3 heterocycles. The lowest BCUT2D eigenvalue weighted by Crippen LogP contribution is -2.37. The summed E-state index contributed by atoms with van der Waals surface area (Å²) >= 11 is 6.63. The van der Waals surface area contributed by atoms with E-state index in [-0.39, 0.29) is 12.1 Å². The highest BCUT2D eigenvalue weighted by atomic mass is 35.5. The van der Waals surface area contributed by atoms with Gasteiger partial charge in [-0.2, -0.15) is 0 Å². The van der Waals surface area contributed by atoms with Crippen molar-refractivity contribution >= 4 is 40.0 Å². The van der Waals surface area contributed by atoms with E-state index in [2.05, 4.69) is 25.2 Å². The van der Waals surface area contributed by atoms with Crippen molar-refractivity contribution < 1.29 is 13.9 Å². The summed E-state index contributed by atoms with van der Waals surface area (Å²) in [4.78, 5) is 27.3. The Morgan fingerprint density at radius 3 is 2.61 bits per heavy atom. The predicted molar refractivity (Wildman–Crippen MR) is 138 cm³/mol. The third kappa shape index (κ3) is 4.80. The number of amides is 1. The van der Waals surface area contributed by atoms with Crippen molar-refractivity contribution in [3.63, 3.8) is 0 Å². The maximum absolute atomic E-state index is 14.4. The molecule has 1 saturated heterocycles. The van der Waals surface area contributed by atoms with Crippen LogP contribution in [0.15, 0.2) is 48.8 Å². The number of pyridine rings is 1. The predicted octanol–water partition coefficient (Wildman–Crippen LogP) is 4.34. The molecular formula is C26H24ClFN6O2. The second-order valence-corrected chi connectivity index (χ2v) is 8.89. The second kappa shape index (κ2) is 10.0. The maximum atomic E-state index is 14.4. The van der Waals surface area contributed by atoms with Gasteiger partial charge in [0.25, 0.3) is 0 Å². The Kier molecular flexibility index (Phi) is 6.67. The van der Waals surface area contributed by atoms with Crippen molar-refractivity contribution in [3.05, 3.63) is 76.5 Å². The van der Waals surface area contributed by atoms with Crippen LogP contribution in [0, 0.1) is 12.7 Å². The number of primary amides is 1. The number of rotatable bonds is 6. The van der Waals surface area contributed by atoms with Crippen LogP contribution < -0.4 is 16.0 Å². The van der Waals surface area contributed by atoms with Crippen LogP contribution in [-0.4, -0.2) is 47.2 Å². The fourth-order valence-electron chi connectivity index (χ4n) is 4.16. The van der Waals surface area contributed by atoms with Gasteiger partial charge in [0, 0.05) is 54.1 Å². The molecule has 1 amide bonds. The molecule has 1 aliphatic heterocycles. The lowest BCUT2D eigenvalue weighted by atomic mass is 10.0. The Morgan fingerprint density at radius 2 is 1.89 bits per heavy atom. The minimum Gasteiger partial charge on any atom is -0.379 e. The van der Waals surface area contributed by atoms with E-state index in [9.17, 15) is 9.18 Å². The van der Waals surface area contributed by atoms with E-state index in [0.29, 0.717) is 41.1 Å². The summed E-state index contributed by atoms with van der Waals surface area (Å²) < 4.78 is 19.8. The van der Waals surface area contributed by atoms with Crippen LogP contribution in [0.4, 0.5) is 16.0 Å². The molecule has 0 atom stereocenters. The monoisotopic (exact) mass is 506 g/mol. The number of nitrogens with zero attached hydrogens (tertiary/aromatic N) is 4. The van der Waals surface area contributed by atoms with Gasteiger partial charge in [-0.05, 0) is 42.8 Å². The van der Waals surface area contributed by atoms with Gasteiger partial charge < -0.3 is 20.7 Å². The molecule has 0 aliphatic carbocycles. The van der Waals surface area contributed by atoms with Crippen LogP contribution in [0.5, 0.6) is 0 Å². The number of hydrogen-bond acceptors (Lipinski definition) is 7. The topological polar surface area (TPSA) is 106 Å². The highest BCUT2D eigenvalue weighted by molar-refractivity contribution is 6.35. The van der Waals surface area contributed by atoms with E-state index in [1.165, 1.54) is 18.2 Å². The summed E-state index contributed by atoms with van der Waals surface area (Å²) in [5, 5.41) is 4.44. The van der Waals surface area contributed by atoms with Gasteiger partial charge in [-0.15, -0.1) is 0 Å². The zero-order chi connectivity index (χ0) is 25.2. The van der Waals surface area contributed by atoms with Crippen LogP contribution in [0.2, 0.25) is 5.02 Å². The maximum Gasteiger partial charge on any atom is 0.248 e. The van der Waals surface area contributed by atoms with Gasteiger partial charge in [0.2, 0.25) is 11.9 Å². The summed E-state index contributed by atoms with van der Waals surface area (Å²) in [5.41, 5.74) is 9.62. The van der Waals surface area contributed by atoms with Gasteiger partial charge in [-0.1, -0.05) is 17.7 Å². The van der Waals surface area contributed by atoms with Gasteiger partial charge in [0.15, 0.2) is 0 Å². The van der Waals surface area contributed by atoms with Crippen molar-refractivity contribution in [3.8, 4) is 11.1 Å². The van der Waals surface area contributed by atoms with E-state index >= 15 is 0 Å². The Morgan fingerprint density at radius 1 is 1.14 bits per heavy atom. The molecule has 8 nitrogen and oxygen atoms in total. The van der Waals surface area contributed by atoms with Crippen LogP contribution in [0.25, 0.3) is 22.0 Å². The fraction of sp³-hybridized carbons (Fsp3) is 0.231. The summed E-state index contributed by atoms with van der Waals surface area (Å²) in [6.07, 6.45) is 3.58. The number of morpholine rings is 1. The number of fused-ring (bicyclic) bond motifs is 1. The Hall–Kier alpha value is -3.82. The Labute approximate surface area is 212 Å². The fourth-order valence-corrected chi connectivity index (χ4v) is 4.37. The molecule has 0 unspecified atom stereocenters. The minimum atomic E-state index is -0.619. The van der Waals surface area contributed by atoms with Crippen molar-refractivity contribution in [2.24, 2.45) is 5.73 Å². The van der Waals surface area contributed by atoms with Gasteiger partial charge in [0.05, 0.1) is 35.1 Å². The lowest BCUT2D eigenvalue weighted by Gasteiger charge is -2.26. The number of benzene rings is 2. The number of anilines is 2. The number of nitrogens with two attached hydrogens (primary N) is 1. The molecule has 1 aliphatic rings. The van der Waals surface area contributed by atoms with E-state index in [0.717, 1.165) is 35.1 Å². The number of nitrogens with one attached hydrogen (secondary N) is 1. The quantitative estimate of drug-likeness (QED) is 0.400. The zero-order valence-electron chi connectivity index (χ0n) is 19.6. The van der Waals surface area contributed by atoms with Gasteiger partial charge in [-0.25, -0.2) is 14.4 Å². The van der Waals surface area contributed by atoms with Crippen molar-refractivity contribution in [2.75, 3.05) is 36.5 Å². The normalized spacial score (nSPS) is 13.7. The number of aromatic nitrogens is 3. The van der Waals surface area contributed by atoms with Crippen LogP contribution in [0.3, 0.4) is 0 Å². The Bertz CT molecular complexity index is 1440. The molecular weight excluding hydrogens is 483 g/mol. The summed E-state index contributed by atoms with van der Waals surface area (Å²) in [6.45, 7) is 4.76. The standard InChI is InChI=1S/C26H24ClFN6O2/c1-15-23(27)24(30-12-18-10-17(25(29)35)2-4-21(18)28)20-11-16(3-5-22(20)33-15)19-13-31-26(32-14-19)34-6-8-36-9-7-34/h2-5,10-11,13-14H,6-9,12H2,1H3,(H2,29,35)(H,30,33). The number of carbonyl (C=O) groups is 1. The smallest absolute Gasteiger partial charge is 0.248 e. The molecule has 5 rings (SSSR count). The highest BCUT2D eigenvalue weighted by Gasteiger charge is 2.16. The SMILES string of the molecule is Cc1nc2ccc(-c3cnc(N4CCOCC4)nc3)cc2c(NCc2cc(C(N)=O)ccc2F)c1Cl. The average molecular weight is 507 g/mol. The first-order valence-corrected chi connectivity index (χ1v) is 11.9. The highest BCUT2D eigenvalue weighted by Crippen LogP contribution is 2.35. The summed E-state index contributed by atoms with van der Waals surface area (Å²) in [5.74, 6) is -0.395. The van der Waals surface area contributed by atoms with Crippen molar-refractivity contribution in [1.29, 1.82) is 0 Å². The first kappa shape index (κ1) is 23.9. The number of ether oxygens (including phenoxy) is 1. The summed E-state index contributed by atoms with van der Waals surface area (Å²) in [6, 6.07) is 9.85. The third-order valence-electron chi connectivity index (χ3n) is 6.14. The molecule has 2 aromatic heterocycles. The zero-order valence-corrected chi connectivity index (χ0v) is 20.3. The molecule has 10 heteroatoms. The molecule has 0 bridgehead atoms. The van der Waals surface area contributed by atoms with Crippen LogP contribution >= 0.6 is 11.6 Å². The van der Waals surface area contributed by atoms with E-state index in [4.69, 9.17) is 22.1 Å². The number of aryl methyl sites for hydroxylation is 1. The molecule has 0 saturated carbocycles. The number of carbonyl (C=O) groups excluding carboxylic acids is 1. The third-order valence-corrected chi connectivity index (χ3v) is 6.60. The van der Waals surface area contributed by atoms with Gasteiger partial charge >= 0.3 is 0 Å². The van der Waals surface area contributed by atoms with Crippen LogP contribution in [-0.2, 0) is 11.3 Å². The molecule has 3 N–H and O–H groups in total. The van der Waals surface area contributed by atoms with E-state index in [1.54, 1.807) is 12.4 Å². The van der Waals surface area contributed by atoms with E-state index in [1.807, 2.05) is 25.1 Å². The molecule has 2 aromatic carbocycles. The van der Waals surface area contributed by atoms with Gasteiger partial charge in [0.1, 0.15) is 5.82 Å². The number of hydrogen-bond donors (Lipinski definition) is 2. The molecule has 36 heavy (non-hydrogen) atoms. The minimum absolute atomic E-state index is 0.104. The average Bonchev–Trinajstić information content (AvgIpc) is 2.90. The first-order valence-electron chi connectivity index (χ1n) is 11.5. The van der Waals surface area contributed by atoms with Crippen molar-refractivity contribution in [2.45, 2.75) is 13.5 Å². The molecule has 1 fully saturated rings. The largest absolute Gasteiger partial charge is 0.379 e. The Balaban J connectivity index is 1.47. The molecule has 184 valence electrons. The van der Waals surface area contributed by atoms with Crippen molar-refractivity contribution in [1.82, 2.24) is 15.0 Å². The first-order chi connectivity index (χ1) is 17.4. The lowest BCUT2D eigenvalue weighted by molar-refractivity contribution is 0.1000. The van der Waals surface area contributed by atoms with Crippen LogP contribution in [0.1, 0.15) is 21.6 Å². The second-order valence-electron chi connectivity index (χ2n) is 8.51. The van der Waals surface area contributed by atoms with E-state index < -0.39 is 11.7 Å². The molecule has 0 spiro atoms. The van der Waals surface area contributed by atoms with Gasteiger partial charge in [-0.3, -0.25) is 9.78 Å². The molecule has 4 aromatic rings. The summed E-state index contributed by atoms with van der Waals surface area (Å²) in [7, 11) is 0.